The summed E-state index contributed by atoms with van der Waals surface area (Å²) in [6.45, 7) is 4.28. The minimum absolute atomic E-state index is 0.0226. The first-order chi connectivity index (χ1) is 15.8. The van der Waals surface area contributed by atoms with Crippen molar-refractivity contribution in [3.8, 4) is 5.75 Å². The number of methoxy groups -OCH3 is 1. The zero-order chi connectivity index (χ0) is 23.7. The van der Waals surface area contributed by atoms with Gasteiger partial charge in [0, 0.05) is 52.6 Å². The van der Waals surface area contributed by atoms with Crippen molar-refractivity contribution < 1.29 is 14.3 Å². The number of amides is 2. The van der Waals surface area contributed by atoms with E-state index in [0.717, 1.165) is 25.7 Å². The molecule has 2 heterocycles. The van der Waals surface area contributed by atoms with E-state index >= 15 is 0 Å². The van der Waals surface area contributed by atoms with Crippen LogP contribution in [0.1, 0.15) is 32.6 Å². The molecule has 4 rings (SSSR count). The number of ether oxygens (including phenoxy) is 1. The lowest BCUT2D eigenvalue weighted by Crippen LogP contribution is -2.51. The number of hydrogen-bond acceptors (Lipinski definition) is 5. The molecular formula is C24H32N4O5. The molecule has 0 unspecified atom stereocenters. The van der Waals surface area contributed by atoms with Gasteiger partial charge in [-0.1, -0.05) is 0 Å². The van der Waals surface area contributed by atoms with Gasteiger partial charge < -0.3 is 14.5 Å². The maximum atomic E-state index is 13.1. The Morgan fingerprint density at radius 3 is 2.24 bits per heavy atom. The van der Waals surface area contributed by atoms with Crippen molar-refractivity contribution in [2.24, 2.45) is 18.9 Å². The molecule has 9 nitrogen and oxygen atoms in total. The normalized spacial score (nSPS) is 21.3. The summed E-state index contributed by atoms with van der Waals surface area (Å²) >= 11 is 0. The Labute approximate surface area is 192 Å². The maximum Gasteiger partial charge on any atom is 0.331 e. The van der Waals surface area contributed by atoms with E-state index in [0.29, 0.717) is 49.4 Å². The molecule has 1 aliphatic heterocycles. The van der Waals surface area contributed by atoms with Crippen LogP contribution in [0.2, 0.25) is 0 Å². The molecule has 1 aromatic heterocycles. The molecule has 0 N–H and O–H groups in total. The van der Waals surface area contributed by atoms with E-state index < -0.39 is 0 Å². The van der Waals surface area contributed by atoms with Crippen LogP contribution in [0.4, 0.5) is 0 Å². The average Bonchev–Trinajstić information content (AvgIpc) is 2.85. The summed E-state index contributed by atoms with van der Waals surface area (Å²) in [5.41, 5.74) is -0.0334. The quantitative estimate of drug-likeness (QED) is 0.689. The number of fused-ring (bicyclic) bond motifs is 1. The Morgan fingerprint density at radius 2 is 1.64 bits per heavy atom. The Hall–Kier alpha value is -3.10. The van der Waals surface area contributed by atoms with E-state index in [9.17, 15) is 19.2 Å². The van der Waals surface area contributed by atoms with Crippen LogP contribution in [-0.2, 0) is 23.2 Å². The van der Waals surface area contributed by atoms with Gasteiger partial charge in [0.25, 0.3) is 5.56 Å². The van der Waals surface area contributed by atoms with Gasteiger partial charge >= 0.3 is 5.69 Å². The van der Waals surface area contributed by atoms with Gasteiger partial charge in [0.05, 0.1) is 18.0 Å². The molecule has 1 aliphatic carbocycles. The SMILES string of the molecule is COc1ccc2c(c1)c(=O)n(CC1CCC(C(=O)N3CCN(C(C)=O)CC3)CC1)c(=O)n2C. The Balaban J connectivity index is 1.42. The molecule has 33 heavy (non-hydrogen) atoms. The summed E-state index contributed by atoms with van der Waals surface area (Å²) < 4.78 is 8.08. The summed E-state index contributed by atoms with van der Waals surface area (Å²) in [4.78, 5) is 54.1. The van der Waals surface area contributed by atoms with Crippen LogP contribution in [0.15, 0.2) is 27.8 Å². The van der Waals surface area contributed by atoms with Crippen molar-refractivity contribution in [2.45, 2.75) is 39.2 Å². The lowest BCUT2D eigenvalue weighted by atomic mass is 9.81. The van der Waals surface area contributed by atoms with Crippen molar-refractivity contribution in [3.63, 3.8) is 0 Å². The predicted octanol–water partition coefficient (Wildman–Crippen LogP) is 1.21. The van der Waals surface area contributed by atoms with Crippen LogP contribution >= 0.6 is 0 Å². The number of aryl methyl sites for hydroxylation is 1. The highest BCUT2D eigenvalue weighted by atomic mass is 16.5. The molecule has 0 atom stereocenters. The molecule has 1 saturated carbocycles. The number of hydrogen-bond donors (Lipinski definition) is 0. The first kappa shape index (κ1) is 23.1. The van der Waals surface area contributed by atoms with Crippen LogP contribution in [0.25, 0.3) is 10.9 Å². The van der Waals surface area contributed by atoms with Gasteiger partial charge in [-0.2, -0.15) is 0 Å². The number of aromatic nitrogens is 2. The molecule has 1 aromatic carbocycles. The smallest absolute Gasteiger partial charge is 0.331 e. The first-order valence-electron chi connectivity index (χ1n) is 11.6. The van der Waals surface area contributed by atoms with Crippen LogP contribution in [0.5, 0.6) is 5.75 Å². The van der Waals surface area contributed by atoms with Gasteiger partial charge in [0.15, 0.2) is 0 Å². The third kappa shape index (κ3) is 4.54. The molecule has 2 fully saturated rings. The lowest BCUT2D eigenvalue weighted by Gasteiger charge is -2.37. The van der Waals surface area contributed by atoms with E-state index in [1.54, 1.807) is 44.2 Å². The summed E-state index contributed by atoms with van der Waals surface area (Å²) in [5, 5.41) is 0.463. The number of piperazine rings is 1. The molecule has 2 aliphatic rings. The highest BCUT2D eigenvalue weighted by Crippen LogP contribution is 2.31. The Morgan fingerprint density at radius 1 is 1.00 bits per heavy atom. The second-order valence-corrected chi connectivity index (χ2v) is 9.19. The molecule has 2 amide bonds. The van der Waals surface area contributed by atoms with E-state index in [-0.39, 0.29) is 34.9 Å². The molecule has 1 saturated heterocycles. The number of rotatable bonds is 4. The van der Waals surface area contributed by atoms with Gasteiger partial charge in [-0.15, -0.1) is 0 Å². The minimum Gasteiger partial charge on any atom is -0.497 e. The van der Waals surface area contributed by atoms with Crippen LogP contribution in [0.3, 0.4) is 0 Å². The lowest BCUT2D eigenvalue weighted by molar-refractivity contribution is -0.142. The summed E-state index contributed by atoms with van der Waals surface area (Å²) in [6, 6.07) is 5.15. The highest BCUT2D eigenvalue weighted by molar-refractivity contribution is 5.80. The topological polar surface area (TPSA) is 93.8 Å². The van der Waals surface area contributed by atoms with Gasteiger partial charge in [0.1, 0.15) is 5.75 Å². The van der Waals surface area contributed by atoms with Gasteiger partial charge in [-0.3, -0.25) is 23.5 Å². The summed E-state index contributed by atoms with van der Waals surface area (Å²) in [7, 11) is 3.22. The summed E-state index contributed by atoms with van der Waals surface area (Å²) in [5.74, 6) is 0.953. The first-order valence-corrected chi connectivity index (χ1v) is 11.6. The van der Waals surface area contributed by atoms with Crippen molar-refractivity contribution in [1.29, 1.82) is 0 Å². The zero-order valence-electron chi connectivity index (χ0n) is 19.6. The van der Waals surface area contributed by atoms with Gasteiger partial charge in [-0.25, -0.2) is 4.79 Å². The predicted molar refractivity (Wildman–Crippen MR) is 124 cm³/mol. The zero-order valence-corrected chi connectivity index (χ0v) is 19.6. The minimum atomic E-state index is -0.320. The van der Waals surface area contributed by atoms with Crippen molar-refractivity contribution in [1.82, 2.24) is 18.9 Å². The van der Waals surface area contributed by atoms with E-state index in [1.165, 1.54) is 9.13 Å². The van der Waals surface area contributed by atoms with Crippen molar-refractivity contribution >= 4 is 22.7 Å². The standard InChI is InChI=1S/C24H32N4O5/c1-16(29)26-10-12-27(13-11-26)22(30)18-6-4-17(5-7-18)15-28-23(31)20-14-19(33-3)8-9-21(20)25(2)24(28)32/h8-9,14,17-18H,4-7,10-13,15H2,1-3H3. The molecular weight excluding hydrogens is 424 g/mol. The second-order valence-electron chi connectivity index (χ2n) is 9.19. The fraction of sp³-hybridized carbons (Fsp3) is 0.583. The largest absolute Gasteiger partial charge is 0.497 e. The second kappa shape index (κ2) is 9.41. The average molecular weight is 457 g/mol. The maximum absolute atomic E-state index is 13.1. The monoisotopic (exact) mass is 456 g/mol. The van der Waals surface area contributed by atoms with E-state index in [4.69, 9.17) is 4.74 Å². The van der Waals surface area contributed by atoms with Gasteiger partial charge in [0.2, 0.25) is 11.8 Å². The van der Waals surface area contributed by atoms with Crippen molar-refractivity contribution in [3.05, 3.63) is 39.0 Å². The highest BCUT2D eigenvalue weighted by Gasteiger charge is 2.32. The molecule has 9 heteroatoms. The molecule has 178 valence electrons. The van der Waals surface area contributed by atoms with Crippen LogP contribution in [-0.4, -0.2) is 64.0 Å². The summed E-state index contributed by atoms with van der Waals surface area (Å²) in [6.07, 6.45) is 3.12. The van der Waals surface area contributed by atoms with Gasteiger partial charge in [-0.05, 0) is 49.8 Å². The van der Waals surface area contributed by atoms with Crippen molar-refractivity contribution in [2.75, 3.05) is 33.3 Å². The Bertz CT molecular complexity index is 1170. The fourth-order valence-electron chi connectivity index (χ4n) is 5.13. The third-order valence-electron chi connectivity index (χ3n) is 7.23. The molecule has 0 spiro atoms. The molecule has 2 aromatic rings. The number of nitrogens with zero attached hydrogens (tertiary/aromatic N) is 4. The van der Waals surface area contributed by atoms with Crippen LogP contribution in [0, 0.1) is 11.8 Å². The van der Waals surface area contributed by atoms with E-state index in [2.05, 4.69) is 0 Å². The Kier molecular flexibility index (Phi) is 6.58. The number of carbonyl (C=O) groups excluding carboxylic acids is 2. The fourth-order valence-corrected chi connectivity index (χ4v) is 5.13. The third-order valence-corrected chi connectivity index (χ3v) is 7.23. The van der Waals surface area contributed by atoms with Crippen LogP contribution < -0.4 is 16.0 Å². The van der Waals surface area contributed by atoms with E-state index in [1.807, 2.05) is 4.90 Å². The molecule has 0 bridgehead atoms. The molecule has 0 radical (unpaired) electrons. The number of benzene rings is 1. The number of carbonyl (C=O) groups is 2.